The van der Waals surface area contributed by atoms with Crippen LogP contribution < -0.4 is 14.2 Å². The Bertz CT molecular complexity index is 740. The highest BCUT2D eigenvalue weighted by atomic mass is 79.9. The van der Waals surface area contributed by atoms with Crippen LogP contribution in [0.25, 0.3) is 11.1 Å². The Hall–Kier alpha value is -1.47. The second-order valence-electron chi connectivity index (χ2n) is 4.66. The van der Waals surface area contributed by atoms with Crippen LogP contribution in [0.3, 0.4) is 0 Å². The molecule has 0 fully saturated rings. The normalized spacial score (nSPS) is 10.5. The zero-order chi connectivity index (χ0) is 17.1. The molecule has 0 saturated carbocycles. The Morgan fingerprint density at radius 3 is 2.26 bits per heavy atom. The van der Waals surface area contributed by atoms with Crippen molar-refractivity contribution in [3.8, 4) is 28.4 Å². The number of H-pyrrole nitrogens is 1. The molecule has 5 nitrogen and oxygen atoms in total. The van der Waals surface area contributed by atoms with Gasteiger partial charge in [-0.05, 0) is 44.0 Å². The number of methoxy groups -OCH3 is 3. The third-order valence-corrected chi connectivity index (χ3v) is 4.85. The van der Waals surface area contributed by atoms with Crippen molar-refractivity contribution in [1.29, 1.82) is 0 Å². The number of nitrogens with one attached hydrogen (secondary N) is 1. The van der Waals surface area contributed by atoms with Gasteiger partial charge in [0.1, 0.15) is 0 Å². The number of Topliss-reactive ketones (excluding diaryl/α,β-unsaturated/α-hetero) is 1. The Morgan fingerprint density at radius 2 is 1.74 bits per heavy atom. The molecule has 0 unspecified atom stereocenters. The van der Waals surface area contributed by atoms with E-state index in [1.165, 1.54) is 0 Å². The average Bonchev–Trinajstić information content (AvgIpc) is 2.86. The van der Waals surface area contributed by atoms with Crippen LogP contribution in [0, 0.1) is 0 Å². The summed E-state index contributed by atoms with van der Waals surface area (Å²) in [7, 11) is 4.68. The maximum atomic E-state index is 12.1. The summed E-state index contributed by atoms with van der Waals surface area (Å²) < 4.78 is 17.6. The average molecular weight is 447 g/mol. The molecular weight excluding hydrogens is 430 g/mol. The highest BCUT2D eigenvalue weighted by Crippen LogP contribution is 2.48. The molecular formula is C16H17Br2NO4. The summed E-state index contributed by atoms with van der Waals surface area (Å²) >= 11 is 7.00. The Kier molecular flexibility index (Phi) is 5.75. The lowest BCUT2D eigenvalue weighted by atomic mass is 10.1. The van der Waals surface area contributed by atoms with Gasteiger partial charge in [0.25, 0.3) is 0 Å². The van der Waals surface area contributed by atoms with Gasteiger partial charge in [0.2, 0.25) is 5.75 Å². The molecule has 0 bridgehead atoms. The number of ketones is 1. The van der Waals surface area contributed by atoms with E-state index in [1.807, 2.05) is 13.0 Å². The molecule has 1 N–H and O–H groups in total. The van der Waals surface area contributed by atoms with Crippen molar-refractivity contribution in [3.05, 3.63) is 26.9 Å². The largest absolute Gasteiger partial charge is 0.493 e. The van der Waals surface area contributed by atoms with Crippen LogP contribution in [0.15, 0.2) is 21.2 Å². The predicted octanol–water partition coefficient (Wildman–Crippen LogP) is 4.83. The van der Waals surface area contributed by atoms with Gasteiger partial charge in [0.05, 0.1) is 36.1 Å². The number of aromatic amines is 1. The van der Waals surface area contributed by atoms with Crippen LogP contribution in [-0.4, -0.2) is 32.1 Å². The quantitative estimate of drug-likeness (QED) is 0.646. The topological polar surface area (TPSA) is 60.6 Å². The van der Waals surface area contributed by atoms with Crippen molar-refractivity contribution in [3.63, 3.8) is 0 Å². The highest BCUT2D eigenvalue weighted by Gasteiger charge is 2.25. The molecule has 1 heterocycles. The summed E-state index contributed by atoms with van der Waals surface area (Å²) in [5.41, 5.74) is 2.08. The molecule has 1 aromatic heterocycles. The highest BCUT2D eigenvalue weighted by molar-refractivity contribution is 9.11. The molecule has 7 heteroatoms. The SMILES string of the molecule is CCC(=O)c1[nH]c(Br)c(-c2ccc(OC)c(OC)c2OC)c1Br. The van der Waals surface area contributed by atoms with Gasteiger partial charge in [0, 0.05) is 17.5 Å². The lowest BCUT2D eigenvalue weighted by Crippen LogP contribution is -1.98. The predicted molar refractivity (Wildman–Crippen MR) is 95.9 cm³/mol. The third-order valence-electron chi connectivity index (χ3n) is 3.47. The third kappa shape index (κ3) is 3.12. The summed E-state index contributed by atoms with van der Waals surface area (Å²) in [4.78, 5) is 15.1. The number of hydrogen-bond donors (Lipinski definition) is 1. The first-order valence-corrected chi connectivity index (χ1v) is 8.48. The van der Waals surface area contributed by atoms with Crippen LogP contribution in [-0.2, 0) is 0 Å². The lowest BCUT2D eigenvalue weighted by molar-refractivity contribution is 0.0983. The molecule has 23 heavy (non-hydrogen) atoms. The van der Waals surface area contributed by atoms with Crippen molar-refractivity contribution >= 4 is 37.6 Å². The van der Waals surface area contributed by atoms with Crippen LogP contribution in [0.5, 0.6) is 17.2 Å². The Morgan fingerprint density at radius 1 is 1.09 bits per heavy atom. The van der Waals surface area contributed by atoms with E-state index >= 15 is 0 Å². The zero-order valence-corrected chi connectivity index (χ0v) is 16.4. The minimum atomic E-state index is 0.0169. The van der Waals surface area contributed by atoms with Gasteiger partial charge in [-0.2, -0.15) is 0 Å². The molecule has 0 saturated heterocycles. The van der Waals surface area contributed by atoms with Gasteiger partial charge in [0.15, 0.2) is 17.3 Å². The van der Waals surface area contributed by atoms with Gasteiger partial charge < -0.3 is 19.2 Å². The van der Waals surface area contributed by atoms with Gasteiger partial charge in [-0.1, -0.05) is 6.92 Å². The van der Waals surface area contributed by atoms with E-state index in [1.54, 1.807) is 27.4 Å². The molecule has 0 amide bonds. The van der Waals surface area contributed by atoms with Crippen LogP contribution in [0.1, 0.15) is 23.8 Å². The maximum Gasteiger partial charge on any atom is 0.203 e. The van der Waals surface area contributed by atoms with E-state index in [0.717, 1.165) is 11.1 Å². The molecule has 0 atom stereocenters. The van der Waals surface area contributed by atoms with Gasteiger partial charge >= 0.3 is 0 Å². The molecule has 0 radical (unpaired) electrons. The molecule has 0 aliphatic carbocycles. The van der Waals surface area contributed by atoms with Gasteiger partial charge in [-0.25, -0.2) is 0 Å². The lowest BCUT2D eigenvalue weighted by Gasteiger charge is -2.15. The molecule has 1 aromatic carbocycles. The Labute approximate surface area is 151 Å². The number of halogens is 2. The minimum Gasteiger partial charge on any atom is -0.493 e. The molecule has 0 aliphatic heterocycles. The van der Waals surface area contributed by atoms with E-state index in [0.29, 0.717) is 38.4 Å². The number of rotatable bonds is 6. The first kappa shape index (κ1) is 17.9. The summed E-state index contributed by atoms with van der Waals surface area (Å²) in [5, 5.41) is 0. The first-order chi connectivity index (χ1) is 11.0. The van der Waals surface area contributed by atoms with Crippen molar-refractivity contribution in [2.75, 3.05) is 21.3 Å². The van der Waals surface area contributed by atoms with E-state index in [-0.39, 0.29) is 5.78 Å². The fourth-order valence-corrected chi connectivity index (χ4v) is 3.96. The smallest absolute Gasteiger partial charge is 0.203 e. The van der Waals surface area contributed by atoms with Gasteiger partial charge in [-0.3, -0.25) is 4.79 Å². The number of ether oxygens (including phenoxy) is 3. The zero-order valence-electron chi connectivity index (χ0n) is 13.3. The minimum absolute atomic E-state index is 0.0169. The van der Waals surface area contributed by atoms with Crippen LogP contribution in [0.4, 0.5) is 0 Å². The summed E-state index contributed by atoms with van der Waals surface area (Å²) in [6, 6.07) is 3.66. The molecule has 124 valence electrons. The van der Waals surface area contributed by atoms with Crippen molar-refractivity contribution in [2.24, 2.45) is 0 Å². The second kappa shape index (κ2) is 7.40. The van der Waals surface area contributed by atoms with E-state index < -0.39 is 0 Å². The molecule has 2 aromatic rings. The second-order valence-corrected chi connectivity index (χ2v) is 6.25. The fraction of sp³-hybridized carbons (Fsp3) is 0.312. The molecule has 0 aliphatic rings. The van der Waals surface area contributed by atoms with Crippen molar-refractivity contribution in [1.82, 2.24) is 4.98 Å². The van der Waals surface area contributed by atoms with Crippen molar-refractivity contribution in [2.45, 2.75) is 13.3 Å². The van der Waals surface area contributed by atoms with Crippen LogP contribution >= 0.6 is 31.9 Å². The summed E-state index contributed by atoms with van der Waals surface area (Å²) in [6.45, 7) is 1.82. The Balaban J connectivity index is 2.73. The number of carbonyl (C=O) groups excluding carboxylic acids is 1. The summed E-state index contributed by atoms with van der Waals surface area (Å²) in [5.74, 6) is 1.61. The number of hydrogen-bond acceptors (Lipinski definition) is 4. The molecule has 2 rings (SSSR count). The monoisotopic (exact) mass is 445 g/mol. The molecule has 0 spiro atoms. The van der Waals surface area contributed by atoms with E-state index in [4.69, 9.17) is 14.2 Å². The standard InChI is InChI=1S/C16H17Br2NO4/c1-5-9(20)13-12(17)11(16(18)19-13)8-6-7-10(21-2)15(23-4)14(8)22-3/h6-7,19H,5H2,1-4H3. The van der Waals surface area contributed by atoms with E-state index in [9.17, 15) is 4.79 Å². The van der Waals surface area contributed by atoms with E-state index in [2.05, 4.69) is 36.8 Å². The van der Waals surface area contributed by atoms with Crippen molar-refractivity contribution < 1.29 is 19.0 Å². The maximum absolute atomic E-state index is 12.1. The number of benzene rings is 1. The fourth-order valence-electron chi connectivity index (χ4n) is 2.35. The summed E-state index contributed by atoms with van der Waals surface area (Å²) in [6.07, 6.45) is 0.411. The number of aromatic nitrogens is 1. The first-order valence-electron chi connectivity index (χ1n) is 6.89. The number of carbonyl (C=O) groups is 1. The van der Waals surface area contributed by atoms with Crippen LogP contribution in [0.2, 0.25) is 0 Å². The van der Waals surface area contributed by atoms with Gasteiger partial charge in [-0.15, -0.1) is 0 Å².